The van der Waals surface area contributed by atoms with E-state index >= 15 is 0 Å². The van der Waals surface area contributed by atoms with E-state index in [1.807, 2.05) is 18.2 Å². The van der Waals surface area contributed by atoms with E-state index in [1.165, 1.54) is 11.1 Å². The standard InChI is InChI=1S/C17H22N2O/c1-19(16-8-5-9-17(12-16)20-2)13-15-7-4-3-6-14(15)10-11-18/h3-9,12H,10-11,13,18H2,1-2H3. The lowest BCUT2D eigenvalue weighted by Crippen LogP contribution is -2.18. The van der Waals surface area contributed by atoms with Gasteiger partial charge in [0.15, 0.2) is 0 Å². The van der Waals surface area contributed by atoms with E-state index in [1.54, 1.807) is 7.11 Å². The Kier molecular flexibility index (Phi) is 5.02. The number of rotatable bonds is 6. The van der Waals surface area contributed by atoms with E-state index < -0.39 is 0 Å². The van der Waals surface area contributed by atoms with Crippen molar-refractivity contribution in [3.05, 3.63) is 59.7 Å². The molecule has 0 radical (unpaired) electrons. The molecule has 0 fully saturated rings. The Hall–Kier alpha value is -2.00. The number of methoxy groups -OCH3 is 1. The van der Waals surface area contributed by atoms with E-state index in [-0.39, 0.29) is 0 Å². The van der Waals surface area contributed by atoms with Crippen molar-refractivity contribution in [3.63, 3.8) is 0 Å². The Balaban J connectivity index is 2.16. The van der Waals surface area contributed by atoms with Crippen LogP contribution in [0.15, 0.2) is 48.5 Å². The molecular weight excluding hydrogens is 248 g/mol. The van der Waals surface area contributed by atoms with Crippen LogP contribution in [-0.4, -0.2) is 20.7 Å². The van der Waals surface area contributed by atoms with E-state index in [2.05, 4.69) is 42.3 Å². The van der Waals surface area contributed by atoms with Crippen molar-refractivity contribution >= 4 is 5.69 Å². The lowest BCUT2D eigenvalue weighted by atomic mass is 10.0. The van der Waals surface area contributed by atoms with Crippen molar-refractivity contribution in [1.29, 1.82) is 0 Å². The zero-order valence-electron chi connectivity index (χ0n) is 12.2. The maximum absolute atomic E-state index is 5.68. The average molecular weight is 270 g/mol. The Morgan fingerprint density at radius 3 is 2.50 bits per heavy atom. The second-order valence-corrected chi connectivity index (χ2v) is 4.86. The summed E-state index contributed by atoms with van der Waals surface area (Å²) in [4.78, 5) is 2.22. The maximum Gasteiger partial charge on any atom is 0.120 e. The number of nitrogens with two attached hydrogens (primary N) is 1. The fraction of sp³-hybridized carbons (Fsp3) is 0.294. The molecule has 0 bridgehead atoms. The number of nitrogens with zero attached hydrogens (tertiary/aromatic N) is 1. The molecule has 20 heavy (non-hydrogen) atoms. The summed E-state index contributed by atoms with van der Waals surface area (Å²) < 4.78 is 5.27. The first-order valence-electron chi connectivity index (χ1n) is 6.86. The fourth-order valence-corrected chi connectivity index (χ4v) is 2.31. The van der Waals surface area contributed by atoms with Crippen molar-refractivity contribution in [1.82, 2.24) is 0 Å². The van der Waals surface area contributed by atoms with Gasteiger partial charge in [0, 0.05) is 25.3 Å². The van der Waals surface area contributed by atoms with Gasteiger partial charge in [-0.1, -0.05) is 30.3 Å². The maximum atomic E-state index is 5.68. The first-order valence-corrected chi connectivity index (χ1v) is 6.86. The van der Waals surface area contributed by atoms with Crippen LogP contribution in [0.1, 0.15) is 11.1 Å². The van der Waals surface area contributed by atoms with Crippen LogP contribution in [0.4, 0.5) is 5.69 Å². The summed E-state index contributed by atoms with van der Waals surface area (Å²) >= 11 is 0. The summed E-state index contributed by atoms with van der Waals surface area (Å²) in [5, 5.41) is 0. The van der Waals surface area contributed by atoms with Gasteiger partial charge in [-0.25, -0.2) is 0 Å². The Bertz CT molecular complexity index is 554. The topological polar surface area (TPSA) is 38.5 Å². The molecule has 0 aromatic heterocycles. The molecule has 0 aliphatic rings. The average Bonchev–Trinajstić information content (AvgIpc) is 2.49. The molecule has 2 aromatic rings. The van der Waals surface area contributed by atoms with E-state index in [0.717, 1.165) is 24.4 Å². The quantitative estimate of drug-likeness (QED) is 0.877. The van der Waals surface area contributed by atoms with Crippen molar-refractivity contribution < 1.29 is 4.74 Å². The van der Waals surface area contributed by atoms with Gasteiger partial charge < -0.3 is 15.4 Å². The monoisotopic (exact) mass is 270 g/mol. The molecule has 0 spiro atoms. The zero-order valence-corrected chi connectivity index (χ0v) is 12.2. The molecule has 3 heteroatoms. The van der Waals surface area contributed by atoms with Gasteiger partial charge in [0.25, 0.3) is 0 Å². The smallest absolute Gasteiger partial charge is 0.120 e. The number of anilines is 1. The Morgan fingerprint density at radius 2 is 1.80 bits per heavy atom. The van der Waals surface area contributed by atoms with Crippen molar-refractivity contribution in [3.8, 4) is 5.75 Å². The van der Waals surface area contributed by atoms with Gasteiger partial charge in [-0.05, 0) is 36.2 Å². The molecule has 2 rings (SSSR count). The molecular formula is C17H22N2O. The number of ether oxygens (including phenoxy) is 1. The van der Waals surface area contributed by atoms with Crippen LogP contribution >= 0.6 is 0 Å². The van der Waals surface area contributed by atoms with Crippen molar-refractivity contribution in [2.24, 2.45) is 5.73 Å². The van der Waals surface area contributed by atoms with Crippen LogP contribution in [0.3, 0.4) is 0 Å². The number of hydrogen-bond donors (Lipinski definition) is 1. The molecule has 2 N–H and O–H groups in total. The largest absolute Gasteiger partial charge is 0.497 e. The third-order valence-corrected chi connectivity index (χ3v) is 3.43. The summed E-state index contributed by atoms with van der Waals surface area (Å²) in [6.07, 6.45) is 0.919. The number of benzene rings is 2. The summed E-state index contributed by atoms with van der Waals surface area (Å²) in [6.45, 7) is 1.54. The van der Waals surface area contributed by atoms with Gasteiger partial charge in [0.05, 0.1) is 7.11 Å². The fourth-order valence-electron chi connectivity index (χ4n) is 2.31. The van der Waals surface area contributed by atoms with Gasteiger partial charge in [0.1, 0.15) is 5.75 Å². The molecule has 0 amide bonds. The highest BCUT2D eigenvalue weighted by atomic mass is 16.5. The van der Waals surface area contributed by atoms with Crippen LogP contribution in [-0.2, 0) is 13.0 Å². The highest BCUT2D eigenvalue weighted by molar-refractivity contribution is 5.50. The Morgan fingerprint density at radius 1 is 1.05 bits per heavy atom. The Labute approximate surface area is 121 Å². The van der Waals surface area contributed by atoms with Crippen LogP contribution in [0, 0.1) is 0 Å². The minimum absolute atomic E-state index is 0.680. The minimum Gasteiger partial charge on any atom is -0.497 e. The van der Waals surface area contributed by atoms with E-state index in [9.17, 15) is 0 Å². The first-order chi connectivity index (χ1) is 9.74. The van der Waals surface area contributed by atoms with E-state index in [4.69, 9.17) is 10.5 Å². The predicted octanol–water partition coefficient (Wildman–Crippen LogP) is 2.83. The van der Waals surface area contributed by atoms with Gasteiger partial charge in [-0.2, -0.15) is 0 Å². The van der Waals surface area contributed by atoms with Crippen molar-refractivity contribution in [2.45, 2.75) is 13.0 Å². The molecule has 0 heterocycles. The third kappa shape index (κ3) is 3.52. The molecule has 2 aromatic carbocycles. The van der Waals surface area contributed by atoms with Crippen LogP contribution < -0.4 is 15.4 Å². The van der Waals surface area contributed by atoms with Gasteiger partial charge in [-0.15, -0.1) is 0 Å². The summed E-state index contributed by atoms with van der Waals surface area (Å²) in [6, 6.07) is 16.6. The molecule has 0 atom stereocenters. The van der Waals surface area contributed by atoms with Gasteiger partial charge in [-0.3, -0.25) is 0 Å². The molecule has 0 saturated heterocycles. The zero-order chi connectivity index (χ0) is 14.4. The van der Waals surface area contributed by atoms with Crippen LogP contribution in [0.25, 0.3) is 0 Å². The second kappa shape index (κ2) is 6.96. The predicted molar refractivity (Wildman–Crippen MR) is 84.3 cm³/mol. The van der Waals surface area contributed by atoms with Crippen LogP contribution in [0.5, 0.6) is 5.75 Å². The minimum atomic E-state index is 0.680. The van der Waals surface area contributed by atoms with E-state index in [0.29, 0.717) is 6.54 Å². The molecule has 0 saturated carbocycles. The molecule has 0 aliphatic carbocycles. The van der Waals surface area contributed by atoms with Crippen molar-refractivity contribution in [2.75, 3.05) is 25.6 Å². The summed E-state index contributed by atoms with van der Waals surface area (Å²) in [5.41, 5.74) is 9.47. The number of hydrogen-bond acceptors (Lipinski definition) is 3. The van der Waals surface area contributed by atoms with Gasteiger partial charge in [0.2, 0.25) is 0 Å². The SMILES string of the molecule is COc1cccc(N(C)Cc2ccccc2CCN)c1. The second-order valence-electron chi connectivity index (χ2n) is 4.86. The highest BCUT2D eigenvalue weighted by Crippen LogP contribution is 2.22. The normalized spacial score (nSPS) is 10.3. The molecule has 0 unspecified atom stereocenters. The third-order valence-electron chi connectivity index (χ3n) is 3.43. The summed E-state index contributed by atoms with van der Waals surface area (Å²) in [7, 11) is 3.78. The molecule has 3 nitrogen and oxygen atoms in total. The first kappa shape index (κ1) is 14.4. The molecule has 0 aliphatic heterocycles. The summed E-state index contributed by atoms with van der Waals surface area (Å²) in [5.74, 6) is 0.879. The van der Waals surface area contributed by atoms with Gasteiger partial charge >= 0.3 is 0 Å². The molecule has 106 valence electrons. The lowest BCUT2D eigenvalue weighted by Gasteiger charge is -2.21. The highest BCUT2D eigenvalue weighted by Gasteiger charge is 2.06. The van der Waals surface area contributed by atoms with Crippen LogP contribution in [0.2, 0.25) is 0 Å². The lowest BCUT2D eigenvalue weighted by molar-refractivity contribution is 0.415.